The molecule has 1 rings (SSSR count). The minimum atomic E-state index is -3.45. The van der Waals surface area contributed by atoms with Gasteiger partial charge in [-0.15, -0.1) is 0 Å². The highest BCUT2D eigenvalue weighted by Gasteiger charge is 2.05. The molecule has 0 spiro atoms. The Bertz CT molecular complexity index is 512. The number of rotatable bonds is 7. The molecule has 7 heteroatoms. The smallest absolute Gasteiger partial charge is 0.224 e. The number of amides is 1. The molecule has 0 heterocycles. The van der Waals surface area contributed by atoms with E-state index in [1.165, 1.54) is 0 Å². The fraction of sp³-hybridized carbons (Fsp3) is 0.417. The summed E-state index contributed by atoms with van der Waals surface area (Å²) in [5.74, 6) is -0.270. The van der Waals surface area contributed by atoms with Gasteiger partial charge >= 0.3 is 0 Å². The number of primary sulfonamides is 1. The molecule has 1 aromatic carbocycles. The van der Waals surface area contributed by atoms with Gasteiger partial charge in [-0.05, 0) is 17.5 Å². The monoisotopic (exact) mass is 285 g/mol. The zero-order chi connectivity index (χ0) is 14.3. The summed E-state index contributed by atoms with van der Waals surface area (Å²) in [6.45, 7) is 0.774. The van der Waals surface area contributed by atoms with Crippen LogP contribution in [-0.4, -0.2) is 26.6 Å². The second kappa shape index (κ2) is 7.22. The highest BCUT2D eigenvalue weighted by atomic mass is 32.2. The van der Waals surface area contributed by atoms with Gasteiger partial charge in [0, 0.05) is 13.1 Å². The Morgan fingerprint density at radius 3 is 2.26 bits per heavy atom. The van der Waals surface area contributed by atoms with Crippen molar-refractivity contribution in [3.05, 3.63) is 35.4 Å². The van der Waals surface area contributed by atoms with Crippen LogP contribution >= 0.6 is 0 Å². The number of sulfonamides is 1. The number of nitrogens with two attached hydrogens (primary N) is 2. The van der Waals surface area contributed by atoms with Crippen LogP contribution in [-0.2, 0) is 27.8 Å². The number of hydrogen-bond donors (Lipinski definition) is 3. The van der Waals surface area contributed by atoms with Crippen molar-refractivity contribution in [3.63, 3.8) is 0 Å². The first kappa shape index (κ1) is 15.6. The van der Waals surface area contributed by atoms with Crippen LogP contribution in [0.2, 0.25) is 0 Å². The minimum Gasteiger partial charge on any atom is -0.356 e. The minimum absolute atomic E-state index is 0.127. The molecular weight excluding hydrogens is 266 g/mol. The molecule has 0 aromatic heterocycles. The molecule has 0 saturated heterocycles. The van der Waals surface area contributed by atoms with E-state index in [0.29, 0.717) is 19.5 Å². The van der Waals surface area contributed by atoms with Crippen molar-refractivity contribution in [1.29, 1.82) is 0 Å². The molecule has 0 radical (unpaired) electrons. The van der Waals surface area contributed by atoms with Gasteiger partial charge in [0.05, 0.1) is 12.2 Å². The average Bonchev–Trinajstić information content (AvgIpc) is 2.34. The lowest BCUT2D eigenvalue weighted by molar-refractivity contribution is -0.120. The fourth-order valence-electron chi connectivity index (χ4n) is 1.54. The van der Waals surface area contributed by atoms with Gasteiger partial charge in [-0.2, -0.15) is 0 Å². The summed E-state index contributed by atoms with van der Waals surface area (Å²) >= 11 is 0. The first-order chi connectivity index (χ1) is 8.90. The molecule has 1 amide bonds. The molecule has 0 fully saturated rings. The van der Waals surface area contributed by atoms with E-state index in [9.17, 15) is 13.2 Å². The Kier molecular flexibility index (Phi) is 5.94. The van der Waals surface area contributed by atoms with E-state index >= 15 is 0 Å². The summed E-state index contributed by atoms with van der Waals surface area (Å²) in [5.41, 5.74) is 7.38. The lowest BCUT2D eigenvalue weighted by atomic mass is 10.1. The maximum Gasteiger partial charge on any atom is 0.224 e. The van der Waals surface area contributed by atoms with Crippen LogP contribution in [0.15, 0.2) is 24.3 Å². The average molecular weight is 285 g/mol. The highest BCUT2D eigenvalue weighted by Crippen LogP contribution is 2.04. The van der Waals surface area contributed by atoms with Crippen molar-refractivity contribution >= 4 is 15.9 Å². The van der Waals surface area contributed by atoms with E-state index < -0.39 is 10.0 Å². The lowest BCUT2D eigenvalue weighted by Gasteiger charge is -2.05. The topological polar surface area (TPSA) is 115 Å². The van der Waals surface area contributed by atoms with Crippen molar-refractivity contribution in [2.24, 2.45) is 10.9 Å². The standard InChI is InChI=1S/C12H19N3O3S/c13-9-11-4-2-10(3-5-11)8-12(16)15-6-1-7-19(14,17)18/h2-5H,1,6-9,13H2,(H,15,16)(H2,14,17,18). The summed E-state index contributed by atoms with van der Waals surface area (Å²) in [6, 6.07) is 7.46. The SMILES string of the molecule is NCc1ccc(CC(=O)NCCCS(N)(=O)=O)cc1. The number of benzene rings is 1. The molecule has 5 N–H and O–H groups in total. The summed E-state index contributed by atoms with van der Waals surface area (Å²) in [7, 11) is -3.45. The molecular formula is C12H19N3O3S. The molecule has 0 unspecified atom stereocenters. The molecule has 0 aliphatic rings. The molecule has 6 nitrogen and oxygen atoms in total. The van der Waals surface area contributed by atoms with Gasteiger partial charge < -0.3 is 11.1 Å². The van der Waals surface area contributed by atoms with E-state index in [2.05, 4.69) is 5.32 Å². The quantitative estimate of drug-likeness (QED) is 0.585. The molecule has 106 valence electrons. The molecule has 1 aromatic rings. The van der Waals surface area contributed by atoms with Crippen molar-refractivity contribution in [2.75, 3.05) is 12.3 Å². The van der Waals surface area contributed by atoms with Gasteiger partial charge in [-0.3, -0.25) is 4.79 Å². The van der Waals surface area contributed by atoms with Crippen molar-refractivity contribution in [1.82, 2.24) is 5.32 Å². The predicted molar refractivity (Wildman–Crippen MR) is 73.6 cm³/mol. The summed E-state index contributed by atoms with van der Waals surface area (Å²) in [5, 5.41) is 7.50. The van der Waals surface area contributed by atoms with Gasteiger partial charge in [-0.1, -0.05) is 24.3 Å². The Morgan fingerprint density at radius 1 is 1.16 bits per heavy atom. The Hall–Kier alpha value is -1.44. The lowest BCUT2D eigenvalue weighted by Crippen LogP contribution is -2.28. The first-order valence-electron chi connectivity index (χ1n) is 5.96. The Labute approximate surface area is 113 Å². The van der Waals surface area contributed by atoms with E-state index in [4.69, 9.17) is 10.9 Å². The summed E-state index contributed by atoms with van der Waals surface area (Å²) in [4.78, 5) is 11.6. The van der Waals surface area contributed by atoms with Crippen LogP contribution in [0, 0.1) is 0 Å². The molecule has 0 aliphatic carbocycles. The largest absolute Gasteiger partial charge is 0.356 e. The number of nitrogens with one attached hydrogen (secondary N) is 1. The fourth-order valence-corrected chi connectivity index (χ4v) is 2.09. The van der Waals surface area contributed by atoms with Crippen molar-refractivity contribution < 1.29 is 13.2 Å². The van der Waals surface area contributed by atoms with Crippen LogP contribution in [0.3, 0.4) is 0 Å². The zero-order valence-electron chi connectivity index (χ0n) is 10.6. The number of carbonyl (C=O) groups excluding carboxylic acids is 1. The Balaban J connectivity index is 2.30. The zero-order valence-corrected chi connectivity index (χ0v) is 11.4. The van der Waals surface area contributed by atoms with Gasteiger partial charge in [0.25, 0.3) is 0 Å². The number of hydrogen-bond acceptors (Lipinski definition) is 4. The molecule has 0 aliphatic heterocycles. The van der Waals surface area contributed by atoms with E-state index in [1.807, 2.05) is 24.3 Å². The maximum atomic E-state index is 11.6. The molecule has 0 saturated carbocycles. The maximum absolute atomic E-state index is 11.6. The normalized spacial score (nSPS) is 11.3. The summed E-state index contributed by atoms with van der Waals surface area (Å²) in [6.07, 6.45) is 0.580. The summed E-state index contributed by atoms with van der Waals surface area (Å²) < 4.78 is 21.4. The predicted octanol–water partition coefficient (Wildman–Crippen LogP) is -0.517. The second-order valence-electron chi connectivity index (χ2n) is 4.27. The van der Waals surface area contributed by atoms with E-state index in [0.717, 1.165) is 11.1 Å². The van der Waals surface area contributed by atoms with E-state index in [1.54, 1.807) is 0 Å². The van der Waals surface area contributed by atoms with Gasteiger partial charge in [-0.25, -0.2) is 13.6 Å². The van der Waals surface area contributed by atoms with Gasteiger partial charge in [0.2, 0.25) is 15.9 Å². The molecule has 19 heavy (non-hydrogen) atoms. The van der Waals surface area contributed by atoms with Crippen LogP contribution in [0.4, 0.5) is 0 Å². The molecule has 0 atom stereocenters. The first-order valence-corrected chi connectivity index (χ1v) is 7.67. The second-order valence-corrected chi connectivity index (χ2v) is 6.00. The third kappa shape index (κ3) is 6.90. The third-order valence-electron chi connectivity index (χ3n) is 2.55. The van der Waals surface area contributed by atoms with E-state index in [-0.39, 0.29) is 18.1 Å². The van der Waals surface area contributed by atoms with Crippen molar-refractivity contribution in [2.45, 2.75) is 19.4 Å². The van der Waals surface area contributed by atoms with Crippen LogP contribution in [0.5, 0.6) is 0 Å². The number of carbonyl (C=O) groups is 1. The highest BCUT2D eigenvalue weighted by molar-refractivity contribution is 7.89. The molecule has 0 bridgehead atoms. The van der Waals surface area contributed by atoms with Crippen LogP contribution in [0.25, 0.3) is 0 Å². The van der Waals surface area contributed by atoms with Crippen LogP contribution in [0.1, 0.15) is 17.5 Å². The third-order valence-corrected chi connectivity index (χ3v) is 3.41. The van der Waals surface area contributed by atoms with Crippen LogP contribution < -0.4 is 16.2 Å². The van der Waals surface area contributed by atoms with Crippen molar-refractivity contribution in [3.8, 4) is 0 Å². The van der Waals surface area contributed by atoms with Gasteiger partial charge in [0.15, 0.2) is 0 Å². The Morgan fingerprint density at radius 2 is 1.74 bits per heavy atom. The van der Waals surface area contributed by atoms with Gasteiger partial charge in [0.1, 0.15) is 0 Å².